The third-order valence-corrected chi connectivity index (χ3v) is 4.82. The van der Waals surface area contributed by atoms with Crippen LogP contribution in [0.4, 0.5) is 5.69 Å². The van der Waals surface area contributed by atoms with Crippen LogP contribution in [0.2, 0.25) is 5.02 Å². The lowest BCUT2D eigenvalue weighted by atomic mass is 10.1. The minimum atomic E-state index is -0.381. The van der Waals surface area contributed by atoms with Crippen LogP contribution in [0, 0.1) is 13.8 Å². The van der Waals surface area contributed by atoms with Crippen LogP contribution in [0.25, 0.3) is 22.0 Å². The second-order valence-corrected chi connectivity index (χ2v) is 6.85. The van der Waals surface area contributed by atoms with Gasteiger partial charge in [0, 0.05) is 21.9 Å². The van der Waals surface area contributed by atoms with E-state index >= 15 is 0 Å². The highest BCUT2D eigenvalue weighted by Gasteiger charge is 2.17. The molecular formula is C21H17ClN2O3. The van der Waals surface area contributed by atoms with Gasteiger partial charge in [-0.15, -0.1) is 0 Å². The van der Waals surface area contributed by atoms with Crippen LogP contribution in [0.5, 0.6) is 5.75 Å². The van der Waals surface area contributed by atoms with E-state index in [9.17, 15) is 4.79 Å². The number of aryl methyl sites for hydroxylation is 2. The zero-order valence-electron chi connectivity index (χ0n) is 15.1. The summed E-state index contributed by atoms with van der Waals surface area (Å²) in [5.41, 5.74) is 3.74. The Hall–Kier alpha value is -3.05. The van der Waals surface area contributed by atoms with E-state index < -0.39 is 0 Å². The molecule has 2 heterocycles. The van der Waals surface area contributed by atoms with Gasteiger partial charge in [-0.2, -0.15) is 0 Å². The first-order valence-electron chi connectivity index (χ1n) is 8.41. The molecule has 5 nitrogen and oxygen atoms in total. The maximum Gasteiger partial charge on any atom is 0.291 e. The minimum absolute atomic E-state index is 0.180. The number of aromatic nitrogens is 1. The fraction of sp³-hybridized carbons (Fsp3) is 0.143. The number of amides is 1. The average molecular weight is 381 g/mol. The molecule has 0 saturated carbocycles. The third-order valence-electron chi connectivity index (χ3n) is 4.41. The van der Waals surface area contributed by atoms with E-state index in [0.29, 0.717) is 22.2 Å². The van der Waals surface area contributed by atoms with Crippen molar-refractivity contribution in [2.45, 2.75) is 13.8 Å². The number of benzene rings is 2. The van der Waals surface area contributed by atoms with E-state index in [1.165, 1.54) is 7.11 Å². The van der Waals surface area contributed by atoms with Crippen LogP contribution in [-0.2, 0) is 0 Å². The quantitative estimate of drug-likeness (QED) is 0.508. The van der Waals surface area contributed by atoms with E-state index in [4.69, 9.17) is 20.8 Å². The molecule has 0 aliphatic carbocycles. The lowest BCUT2D eigenvalue weighted by Gasteiger charge is -2.11. The third kappa shape index (κ3) is 3.22. The molecule has 0 unspecified atom stereocenters. The number of carbonyl (C=O) groups excluding carboxylic acids is 1. The molecule has 0 radical (unpaired) electrons. The van der Waals surface area contributed by atoms with Crippen LogP contribution in [0.15, 0.2) is 46.9 Å². The van der Waals surface area contributed by atoms with E-state index in [1.54, 1.807) is 18.2 Å². The SMILES string of the molecule is COc1cc(Cl)c(C)cc1NC(=O)c1cc2cc3ccc(C)cc3nc2o1. The largest absolute Gasteiger partial charge is 0.495 e. The summed E-state index contributed by atoms with van der Waals surface area (Å²) in [5, 5.41) is 5.15. The summed E-state index contributed by atoms with van der Waals surface area (Å²) in [7, 11) is 1.52. The second kappa shape index (κ2) is 6.59. The molecule has 0 saturated heterocycles. The number of nitrogens with one attached hydrogen (secondary N) is 1. The van der Waals surface area contributed by atoms with Crippen molar-refractivity contribution in [1.82, 2.24) is 4.98 Å². The second-order valence-electron chi connectivity index (χ2n) is 6.45. The number of ether oxygens (including phenoxy) is 1. The van der Waals surface area contributed by atoms with E-state index in [2.05, 4.69) is 10.3 Å². The number of nitrogens with zero attached hydrogens (tertiary/aromatic N) is 1. The Balaban J connectivity index is 1.71. The highest BCUT2D eigenvalue weighted by atomic mass is 35.5. The van der Waals surface area contributed by atoms with Gasteiger partial charge in [-0.25, -0.2) is 4.98 Å². The number of pyridine rings is 1. The molecule has 0 bridgehead atoms. The summed E-state index contributed by atoms with van der Waals surface area (Å²) in [4.78, 5) is 17.2. The predicted molar refractivity (Wildman–Crippen MR) is 107 cm³/mol. The fourth-order valence-electron chi connectivity index (χ4n) is 2.96. The molecule has 1 N–H and O–H groups in total. The lowest BCUT2D eigenvalue weighted by Crippen LogP contribution is -2.12. The maximum absolute atomic E-state index is 12.7. The van der Waals surface area contributed by atoms with Gasteiger partial charge in [0.15, 0.2) is 5.76 Å². The molecule has 0 spiro atoms. The smallest absolute Gasteiger partial charge is 0.291 e. The summed E-state index contributed by atoms with van der Waals surface area (Å²) in [5.74, 6) is 0.279. The molecule has 0 atom stereocenters. The van der Waals surface area contributed by atoms with E-state index in [1.807, 2.05) is 38.1 Å². The standard InChI is InChI=1S/C21H17ClN2O3/c1-11-4-5-13-8-14-9-19(27-21(14)24-16(13)6-11)20(25)23-17-7-12(2)15(22)10-18(17)26-3/h4-10H,1-3H3,(H,23,25). The zero-order chi connectivity index (χ0) is 19.1. The Morgan fingerprint density at radius 2 is 1.93 bits per heavy atom. The van der Waals surface area contributed by atoms with Crippen molar-refractivity contribution in [1.29, 1.82) is 0 Å². The monoisotopic (exact) mass is 380 g/mol. The van der Waals surface area contributed by atoms with Crippen molar-refractivity contribution in [3.8, 4) is 5.75 Å². The Bertz CT molecular complexity index is 1200. The van der Waals surface area contributed by atoms with Crippen molar-refractivity contribution in [2.75, 3.05) is 12.4 Å². The lowest BCUT2D eigenvalue weighted by molar-refractivity contribution is 0.0998. The number of methoxy groups -OCH3 is 1. The van der Waals surface area contributed by atoms with Crippen molar-refractivity contribution in [2.24, 2.45) is 0 Å². The van der Waals surface area contributed by atoms with Gasteiger partial charge in [0.05, 0.1) is 18.3 Å². The number of hydrogen-bond donors (Lipinski definition) is 1. The summed E-state index contributed by atoms with van der Waals surface area (Å²) < 4.78 is 11.0. The molecule has 2 aromatic heterocycles. The van der Waals surface area contributed by atoms with Crippen LogP contribution < -0.4 is 10.1 Å². The number of anilines is 1. The number of rotatable bonds is 3. The summed E-state index contributed by atoms with van der Waals surface area (Å²) >= 11 is 6.11. The molecule has 0 fully saturated rings. The average Bonchev–Trinajstić information content (AvgIpc) is 3.05. The molecule has 2 aromatic carbocycles. The van der Waals surface area contributed by atoms with Crippen LogP contribution in [0.1, 0.15) is 21.7 Å². The fourth-order valence-corrected chi connectivity index (χ4v) is 3.12. The number of fused-ring (bicyclic) bond motifs is 2. The number of carbonyl (C=O) groups is 1. The van der Waals surface area contributed by atoms with E-state index in [-0.39, 0.29) is 11.7 Å². The topological polar surface area (TPSA) is 64.4 Å². The van der Waals surface area contributed by atoms with Crippen LogP contribution >= 0.6 is 11.6 Å². The predicted octanol–water partition coefficient (Wildman–Crippen LogP) is 5.51. The van der Waals surface area contributed by atoms with Crippen molar-refractivity contribution in [3.05, 3.63) is 64.4 Å². The van der Waals surface area contributed by atoms with Gasteiger partial charge >= 0.3 is 0 Å². The number of furan rings is 1. The van der Waals surface area contributed by atoms with Crippen molar-refractivity contribution in [3.63, 3.8) is 0 Å². The first kappa shape index (κ1) is 17.4. The molecule has 4 aromatic rings. The minimum Gasteiger partial charge on any atom is -0.495 e. The summed E-state index contributed by atoms with van der Waals surface area (Å²) in [6.07, 6.45) is 0. The highest BCUT2D eigenvalue weighted by Crippen LogP contribution is 2.32. The van der Waals surface area contributed by atoms with Gasteiger partial charge in [-0.3, -0.25) is 4.79 Å². The first-order valence-corrected chi connectivity index (χ1v) is 8.79. The molecule has 0 aliphatic rings. The summed E-state index contributed by atoms with van der Waals surface area (Å²) in [6.45, 7) is 3.86. The molecular weight excluding hydrogens is 364 g/mol. The Labute approximate surface area is 160 Å². The normalized spacial score (nSPS) is 11.1. The summed E-state index contributed by atoms with van der Waals surface area (Å²) in [6, 6.07) is 13.1. The molecule has 27 heavy (non-hydrogen) atoms. The van der Waals surface area contributed by atoms with Gasteiger partial charge in [-0.05, 0) is 49.2 Å². The molecule has 136 valence electrons. The molecule has 0 aliphatic heterocycles. The Morgan fingerprint density at radius 1 is 1.11 bits per heavy atom. The zero-order valence-corrected chi connectivity index (χ0v) is 15.8. The number of halogens is 1. The first-order chi connectivity index (χ1) is 12.9. The van der Waals surface area contributed by atoms with Gasteiger partial charge < -0.3 is 14.5 Å². The van der Waals surface area contributed by atoms with Crippen LogP contribution in [0.3, 0.4) is 0 Å². The molecule has 1 amide bonds. The Kier molecular flexibility index (Phi) is 4.24. The van der Waals surface area contributed by atoms with E-state index in [0.717, 1.165) is 27.4 Å². The van der Waals surface area contributed by atoms with Gasteiger partial charge in [-0.1, -0.05) is 23.7 Å². The van der Waals surface area contributed by atoms with Gasteiger partial charge in [0.1, 0.15) is 5.75 Å². The number of hydrogen-bond acceptors (Lipinski definition) is 4. The van der Waals surface area contributed by atoms with Crippen molar-refractivity contribution < 1.29 is 13.9 Å². The van der Waals surface area contributed by atoms with Gasteiger partial charge in [0.2, 0.25) is 5.71 Å². The van der Waals surface area contributed by atoms with Crippen LogP contribution in [-0.4, -0.2) is 18.0 Å². The Morgan fingerprint density at radius 3 is 2.70 bits per heavy atom. The van der Waals surface area contributed by atoms with Gasteiger partial charge in [0.25, 0.3) is 5.91 Å². The maximum atomic E-state index is 12.7. The molecule has 6 heteroatoms. The molecule has 4 rings (SSSR count). The van der Waals surface area contributed by atoms with Crippen molar-refractivity contribution >= 4 is 45.2 Å². The highest BCUT2D eigenvalue weighted by molar-refractivity contribution is 6.31.